The summed E-state index contributed by atoms with van der Waals surface area (Å²) in [4.78, 5) is 14.3. The van der Waals surface area contributed by atoms with Crippen LogP contribution in [0.15, 0.2) is 0 Å². The Kier molecular flexibility index (Phi) is 3.82. The van der Waals surface area contributed by atoms with Crippen LogP contribution in [0, 0.1) is 11.8 Å². The maximum Gasteiger partial charge on any atom is 0.226 e. The number of likely N-dealkylation sites (tertiary alicyclic amines) is 1. The van der Waals surface area contributed by atoms with Crippen molar-refractivity contribution in [2.75, 3.05) is 26.7 Å². The summed E-state index contributed by atoms with van der Waals surface area (Å²) in [5.41, 5.74) is 5.72. The summed E-state index contributed by atoms with van der Waals surface area (Å²) >= 11 is 0. The van der Waals surface area contributed by atoms with Crippen LogP contribution in [-0.4, -0.2) is 43.7 Å². The molecule has 4 nitrogen and oxygen atoms in total. The number of amides is 1. The Balaban J connectivity index is 1.92. The number of nitrogens with zero attached hydrogens (tertiary/aromatic N) is 1. The zero-order valence-corrected chi connectivity index (χ0v) is 10.0. The van der Waals surface area contributed by atoms with Crippen LogP contribution < -0.4 is 5.73 Å². The van der Waals surface area contributed by atoms with Gasteiger partial charge in [0, 0.05) is 26.1 Å². The topological polar surface area (TPSA) is 55.6 Å². The molecule has 0 radical (unpaired) electrons. The average Bonchev–Trinajstić information content (AvgIpc) is 2.96. The van der Waals surface area contributed by atoms with E-state index in [9.17, 15) is 4.79 Å². The Morgan fingerprint density at radius 2 is 2.25 bits per heavy atom. The molecule has 0 aromatic heterocycles. The van der Waals surface area contributed by atoms with Crippen molar-refractivity contribution >= 4 is 5.91 Å². The van der Waals surface area contributed by atoms with Gasteiger partial charge in [0.2, 0.25) is 5.91 Å². The van der Waals surface area contributed by atoms with Gasteiger partial charge in [-0.25, -0.2) is 0 Å². The normalized spacial score (nSPS) is 34.6. The highest BCUT2D eigenvalue weighted by atomic mass is 16.5. The average molecular weight is 226 g/mol. The molecule has 1 aliphatic carbocycles. The first-order valence-electron chi connectivity index (χ1n) is 6.28. The first-order valence-corrected chi connectivity index (χ1v) is 6.28. The monoisotopic (exact) mass is 226 g/mol. The Morgan fingerprint density at radius 3 is 2.88 bits per heavy atom. The summed E-state index contributed by atoms with van der Waals surface area (Å²) in [7, 11) is 1.72. The van der Waals surface area contributed by atoms with Crippen LogP contribution >= 0.6 is 0 Å². The maximum absolute atomic E-state index is 12.3. The van der Waals surface area contributed by atoms with E-state index >= 15 is 0 Å². The molecule has 0 bridgehead atoms. The van der Waals surface area contributed by atoms with Gasteiger partial charge in [0.15, 0.2) is 0 Å². The van der Waals surface area contributed by atoms with Crippen molar-refractivity contribution in [3.05, 3.63) is 0 Å². The number of carbonyl (C=O) groups is 1. The molecule has 1 saturated heterocycles. The van der Waals surface area contributed by atoms with Crippen molar-refractivity contribution in [3.8, 4) is 0 Å². The van der Waals surface area contributed by atoms with E-state index in [2.05, 4.69) is 0 Å². The van der Waals surface area contributed by atoms with Crippen LogP contribution in [0.1, 0.15) is 25.7 Å². The van der Waals surface area contributed by atoms with Crippen molar-refractivity contribution < 1.29 is 9.53 Å². The van der Waals surface area contributed by atoms with Crippen molar-refractivity contribution in [1.29, 1.82) is 0 Å². The molecule has 3 atom stereocenters. The molecule has 0 spiro atoms. The van der Waals surface area contributed by atoms with Crippen molar-refractivity contribution in [1.82, 2.24) is 4.90 Å². The van der Waals surface area contributed by atoms with Crippen LogP contribution in [-0.2, 0) is 9.53 Å². The molecular formula is C12H22N2O2. The molecular weight excluding hydrogens is 204 g/mol. The number of hydrogen-bond acceptors (Lipinski definition) is 3. The molecule has 1 amide bonds. The van der Waals surface area contributed by atoms with E-state index < -0.39 is 0 Å². The number of nitrogens with two attached hydrogens (primary N) is 1. The number of hydrogen-bond donors (Lipinski definition) is 1. The van der Waals surface area contributed by atoms with Crippen LogP contribution in [0.4, 0.5) is 0 Å². The Labute approximate surface area is 97.1 Å². The second-order valence-corrected chi connectivity index (χ2v) is 4.96. The number of ether oxygens (including phenoxy) is 1. The highest BCUT2D eigenvalue weighted by molar-refractivity contribution is 5.79. The molecule has 0 aromatic carbocycles. The maximum atomic E-state index is 12.3. The fraction of sp³-hybridized carbons (Fsp3) is 0.917. The van der Waals surface area contributed by atoms with Gasteiger partial charge < -0.3 is 15.4 Å². The zero-order chi connectivity index (χ0) is 11.5. The lowest BCUT2D eigenvalue weighted by molar-refractivity contribution is -0.135. The van der Waals surface area contributed by atoms with Crippen LogP contribution in [0.2, 0.25) is 0 Å². The second kappa shape index (κ2) is 5.15. The quantitative estimate of drug-likeness (QED) is 0.767. The highest BCUT2D eigenvalue weighted by Gasteiger charge is 2.37. The lowest BCUT2D eigenvalue weighted by Crippen LogP contribution is -2.38. The van der Waals surface area contributed by atoms with Crippen molar-refractivity contribution in [2.45, 2.75) is 31.8 Å². The van der Waals surface area contributed by atoms with E-state index in [1.807, 2.05) is 4.90 Å². The molecule has 1 saturated carbocycles. The minimum absolute atomic E-state index is 0.181. The fourth-order valence-corrected chi connectivity index (χ4v) is 3.00. The van der Waals surface area contributed by atoms with Gasteiger partial charge in [-0.2, -0.15) is 0 Å². The number of methoxy groups -OCH3 is 1. The molecule has 0 unspecified atom stereocenters. The van der Waals surface area contributed by atoms with Crippen LogP contribution in [0.5, 0.6) is 0 Å². The van der Waals surface area contributed by atoms with Gasteiger partial charge >= 0.3 is 0 Å². The summed E-state index contributed by atoms with van der Waals surface area (Å²) in [5, 5.41) is 0. The van der Waals surface area contributed by atoms with E-state index in [1.165, 1.54) is 0 Å². The molecule has 2 aliphatic rings. The molecule has 1 aliphatic heterocycles. The van der Waals surface area contributed by atoms with Gasteiger partial charge in [0.1, 0.15) is 0 Å². The zero-order valence-electron chi connectivity index (χ0n) is 10.0. The Bertz CT molecular complexity index is 257. The van der Waals surface area contributed by atoms with E-state index in [1.54, 1.807) is 7.11 Å². The second-order valence-electron chi connectivity index (χ2n) is 4.96. The van der Waals surface area contributed by atoms with E-state index in [4.69, 9.17) is 10.5 Å². The third kappa shape index (κ3) is 2.23. The van der Waals surface area contributed by atoms with Crippen LogP contribution in [0.3, 0.4) is 0 Å². The highest BCUT2D eigenvalue weighted by Crippen LogP contribution is 2.33. The predicted molar refractivity (Wildman–Crippen MR) is 61.9 cm³/mol. The van der Waals surface area contributed by atoms with E-state index in [0.717, 1.165) is 38.8 Å². The first kappa shape index (κ1) is 11.9. The molecule has 16 heavy (non-hydrogen) atoms. The van der Waals surface area contributed by atoms with Gasteiger partial charge in [-0.05, 0) is 31.7 Å². The molecule has 92 valence electrons. The number of carbonyl (C=O) groups excluding carboxylic acids is 1. The lowest BCUT2D eigenvalue weighted by Gasteiger charge is -2.24. The van der Waals surface area contributed by atoms with Gasteiger partial charge in [-0.3, -0.25) is 4.79 Å². The fourth-order valence-electron chi connectivity index (χ4n) is 3.00. The summed E-state index contributed by atoms with van der Waals surface area (Å²) in [6, 6.07) is 0. The molecule has 4 heteroatoms. The molecule has 1 heterocycles. The van der Waals surface area contributed by atoms with Crippen LogP contribution in [0.25, 0.3) is 0 Å². The first-order chi connectivity index (χ1) is 7.76. The third-order valence-electron chi connectivity index (χ3n) is 4.07. The van der Waals surface area contributed by atoms with Crippen molar-refractivity contribution in [2.24, 2.45) is 17.6 Å². The molecule has 0 aromatic rings. The minimum atomic E-state index is 0.181. The predicted octanol–water partition coefficient (Wildman–Crippen LogP) is 0.609. The lowest BCUT2D eigenvalue weighted by atomic mass is 9.95. The summed E-state index contributed by atoms with van der Waals surface area (Å²) in [5.74, 6) is 0.905. The largest absolute Gasteiger partial charge is 0.380 e. The smallest absolute Gasteiger partial charge is 0.226 e. The Morgan fingerprint density at radius 1 is 1.44 bits per heavy atom. The molecule has 2 fully saturated rings. The minimum Gasteiger partial charge on any atom is -0.380 e. The summed E-state index contributed by atoms with van der Waals surface area (Å²) < 4.78 is 5.29. The standard InChI is InChI=1S/C12H22N2O2/c1-16-10-5-6-14(8-10)12(15)11-4-2-3-9(11)7-13/h9-11H,2-8,13H2,1H3/t9-,10+,11-/m1/s1. The summed E-state index contributed by atoms with van der Waals surface area (Å²) in [6.07, 6.45) is 4.51. The SMILES string of the molecule is CO[C@H]1CCN(C(=O)[C@@H]2CCC[C@@H]2CN)C1. The van der Waals surface area contributed by atoms with E-state index in [-0.39, 0.29) is 12.0 Å². The van der Waals surface area contributed by atoms with Gasteiger partial charge in [-0.15, -0.1) is 0 Å². The molecule has 2 N–H and O–H groups in total. The van der Waals surface area contributed by atoms with E-state index in [0.29, 0.717) is 18.4 Å². The van der Waals surface area contributed by atoms with Gasteiger partial charge in [-0.1, -0.05) is 6.42 Å². The van der Waals surface area contributed by atoms with Gasteiger partial charge in [0.05, 0.1) is 6.10 Å². The molecule has 2 rings (SSSR count). The third-order valence-corrected chi connectivity index (χ3v) is 4.07. The number of rotatable bonds is 3. The Hall–Kier alpha value is -0.610. The summed E-state index contributed by atoms with van der Waals surface area (Å²) in [6.45, 7) is 2.27. The van der Waals surface area contributed by atoms with Crippen molar-refractivity contribution in [3.63, 3.8) is 0 Å². The van der Waals surface area contributed by atoms with Gasteiger partial charge in [0.25, 0.3) is 0 Å².